The summed E-state index contributed by atoms with van der Waals surface area (Å²) in [5, 5.41) is 5.67. The highest BCUT2D eigenvalue weighted by atomic mass is 19.1. The number of anilines is 1. The maximum absolute atomic E-state index is 12.9. The van der Waals surface area contributed by atoms with E-state index in [-0.39, 0.29) is 17.9 Å². The molecule has 0 aliphatic heterocycles. The van der Waals surface area contributed by atoms with Crippen molar-refractivity contribution < 1.29 is 13.9 Å². The molecule has 138 valence electrons. The number of halogens is 1. The number of aromatic nitrogens is 1. The minimum Gasteiger partial charge on any atom is -0.489 e. The van der Waals surface area contributed by atoms with Gasteiger partial charge in [-0.15, -0.1) is 0 Å². The van der Waals surface area contributed by atoms with E-state index in [1.165, 1.54) is 12.1 Å². The van der Waals surface area contributed by atoms with Gasteiger partial charge in [-0.1, -0.05) is 18.2 Å². The fourth-order valence-electron chi connectivity index (χ4n) is 2.51. The molecule has 1 atom stereocenters. The van der Waals surface area contributed by atoms with Crippen molar-refractivity contribution in [3.05, 3.63) is 90.0 Å². The summed E-state index contributed by atoms with van der Waals surface area (Å²) in [7, 11) is 0. The number of hydrogen-bond acceptors (Lipinski definition) is 3. The monoisotopic (exact) mass is 365 g/mol. The van der Waals surface area contributed by atoms with Crippen molar-refractivity contribution in [3.8, 4) is 5.75 Å². The average Bonchev–Trinajstić information content (AvgIpc) is 2.68. The lowest BCUT2D eigenvalue weighted by atomic mass is 10.1. The highest BCUT2D eigenvalue weighted by molar-refractivity contribution is 5.89. The number of ether oxygens (including phenoxy) is 1. The Balaban J connectivity index is 1.55. The van der Waals surface area contributed by atoms with Crippen LogP contribution in [0.15, 0.2) is 73.1 Å². The molecule has 0 aliphatic rings. The molecular formula is C21H20FN3O2. The molecule has 0 radical (unpaired) electrons. The Morgan fingerprint density at radius 3 is 2.59 bits per heavy atom. The van der Waals surface area contributed by atoms with Crippen LogP contribution < -0.4 is 15.4 Å². The van der Waals surface area contributed by atoms with Crippen LogP contribution in [0.5, 0.6) is 5.75 Å². The molecule has 0 saturated heterocycles. The van der Waals surface area contributed by atoms with E-state index in [0.29, 0.717) is 18.0 Å². The Labute approximate surface area is 157 Å². The summed E-state index contributed by atoms with van der Waals surface area (Å²) < 4.78 is 18.6. The molecule has 1 unspecified atom stereocenters. The summed E-state index contributed by atoms with van der Waals surface area (Å²) in [5.74, 6) is 0.330. The van der Waals surface area contributed by atoms with Crippen LogP contribution in [-0.2, 0) is 6.61 Å². The van der Waals surface area contributed by atoms with E-state index in [2.05, 4.69) is 15.6 Å². The lowest BCUT2D eigenvalue weighted by Gasteiger charge is -2.15. The van der Waals surface area contributed by atoms with E-state index in [0.717, 1.165) is 11.1 Å². The van der Waals surface area contributed by atoms with Crippen molar-refractivity contribution in [1.82, 2.24) is 10.3 Å². The second-order valence-electron chi connectivity index (χ2n) is 6.04. The topological polar surface area (TPSA) is 63.2 Å². The molecule has 2 amide bonds. The van der Waals surface area contributed by atoms with Gasteiger partial charge in [-0.05, 0) is 54.4 Å². The van der Waals surface area contributed by atoms with Gasteiger partial charge in [-0.2, -0.15) is 0 Å². The number of nitrogens with zero attached hydrogens (tertiary/aromatic N) is 1. The average molecular weight is 365 g/mol. The molecule has 0 bridgehead atoms. The molecule has 2 N–H and O–H groups in total. The molecule has 6 heteroatoms. The van der Waals surface area contributed by atoms with E-state index in [1.54, 1.807) is 48.8 Å². The van der Waals surface area contributed by atoms with Gasteiger partial charge in [0.05, 0.1) is 6.04 Å². The maximum atomic E-state index is 12.9. The Hall–Kier alpha value is -3.41. The Morgan fingerprint density at radius 2 is 1.85 bits per heavy atom. The molecule has 0 aliphatic carbocycles. The fraction of sp³-hybridized carbons (Fsp3) is 0.143. The minimum atomic E-state index is -0.310. The third-order valence-corrected chi connectivity index (χ3v) is 3.96. The van der Waals surface area contributed by atoms with Crippen molar-refractivity contribution in [2.75, 3.05) is 5.32 Å². The largest absolute Gasteiger partial charge is 0.489 e. The minimum absolute atomic E-state index is 0.147. The summed E-state index contributed by atoms with van der Waals surface area (Å²) in [4.78, 5) is 16.2. The standard InChI is InChI=1S/C21H20FN3O2/c1-15(17-9-11-23-12-10-17)24-21(26)25-19-3-2-4-20(13-19)27-14-16-5-7-18(22)8-6-16/h2-13,15H,14H2,1H3,(H2,24,25,26). The second kappa shape index (κ2) is 8.80. The number of urea groups is 1. The van der Waals surface area contributed by atoms with Gasteiger partial charge in [-0.25, -0.2) is 9.18 Å². The van der Waals surface area contributed by atoms with E-state index < -0.39 is 0 Å². The van der Waals surface area contributed by atoms with Gasteiger partial charge in [0, 0.05) is 24.1 Å². The van der Waals surface area contributed by atoms with Crippen LogP contribution in [0.3, 0.4) is 0 Å². The van der Waals surface area contributed by atoms with Crippen molar-refractivity contribution in [2.45, 2.75) is 19.6 Å². The Bertz CT molecular complexity index is 885. The molecule has 0 saturated carbocycles. The van der Waals surface area contributed by atoms with Crippen molar-refractivity contribution in [3.63, 3.8) is 0 Å². The number of hydrogen-bond donors (Lipinski definition) is 2. The number of pyridine rings is 1. The molecule has 1 heterocycles. The molecular weight excluding hydrogens is 345 g/mol. The first-order chi connectivity index (χ1) is 13.1. The van der Waals surface area contributed by atoms with Crippen molar-refractivity contribution in [2.24, 2.45) is 0 Å². The Kier molecular flexibility index (Phi) is 5.99. The predicted octanol–water partition coefficient (Wildman–Crippen LogP) is 4.68. The van der Waals surface area contributed by atoms with Crippen LogP contribution >= 0.6 is 0 Å². The first-order valence-corrected chi connectivity index (χ1v) is 8.55. The molecule has 27 heavy (non-hydrogen) atoms. The number of carbonyl (C=O) groups is 1. The van der Waals surface area contributed by atoms with Gasteiger partial charge in [0.25, 0.3) is 0 Å². The van der Waals surface area contributed by atoms with Crippen LogP contribution in [0.1, 0.15) is 24.1 Å². The fourth-order valence-corrected chi connectivity index (χ4v) is 2.51. The van der Waals surface area contributed by atoms with Crippen molar-refractivity contribution >= 4 is 11.7 Å². The molecule has 2 aromatic carbocycles. The molecule has 1 aromatic heterocycles. The molecule has 0 fully saturated rings. The zero-order valence-corrected chi connectivity index (χ0v) is 14.9. The van der Waals surface area contributed by atoms with E-state index in [4.69, 9.17) is 4.74 Å². The van der Waals surface area contributed by atoms with Crippen LogP contribution in [0.2, 0.25) is 0 Å². The maximum Gasteiger partial charge on any atom is 0.319 e. The van der Waals surface area contributed by atoms with Crippen LogP contribution in [0.4, 0.5) is 14.9 Å². The summed E-state index contributed by atoms with van der Waals surface area (Å²) >= 11 is 0. The van der Waals surface area contributed by atoms with Crippen LogP contribution in [0.25, 0.3) is 0 Å². The molecule has 0 spiro atoms. The van der Waals surface area contributed by atoms with E-state index in [9.17, 15) is 9.18 Å². The van der Waals surface area contributed by atoms with Crippen molar-refractivity contribution in [1.29, 1.82) is 0 Å². The quantitative estimate of drug-likeness (QED) is 0.666. The van der Waals surface area contributed by atoms with Gasteiger partial charge in [0.1, 0.15) is 18.2 Å². The highest BCUT2D eigenvalue weighted by Gasteiger charge is 2.09. The second-order valence-corrected chi connectivity index (χ2v) is 6.04. The summed E-state index contributed by atoms with van der Waals surface area (Å²) in [5.41, 5.74) is 2.45. The number of amides is 2. The number of benzene rings is 2. The summed E-state index contributed by atoms with van der Waals surface area (Å²) in [6, 6.07) is 16.5. The molecule has 3 aromatic rings. The van der Waals surface area contributed by atoms with Crippen LogP contribution in [-0.4, -0.2) is 11.0 Å². The third kappa shape index (κ3) is 5.54. The number of nitrogens with one attached hydrogen (secondary N) is 2. The number of rotatable bonds is 6. The lowest BCUT2D eigenvalue weighted by Crippen LogP contribution is -2.31. The summed E-state index contributed by atoms with van der Waals surface area (Å²) in [6.07, 6.45) is 3.38. The van der Waals surface area contributed by atoms with E-state index >= 15 is 0 Å². The normalized spacial score (nSPS) is 11.5. The van der Waals surface area contributed by atoms with Gasteiger partial charge in [0.2, 0.25) is 0 Å². The van der Waals surface area contributed by atoms with E-state index in [1.807, 2.05) is 19.1 Å². The SMILES string of the molecule is CC(NC(=O)Nc1cccc(OCc2ccc(F)cc2)c1)c1ccncc1. The first-order valence-electron chi connectivity index (χ1n) is 8.55. The smallest absolute Gasteiger partial charge is 0.319 e. The molecule has 5 nitrogen and oxygen atoms in total. The van der Waals surface area contributed by atoms with Gasteiger partial charge in [-0.3, -0.25) is 4.98 Å². The van der Waals surface area contributed by atoms with Gasteiger partial charge >= 0.3 is 6.03 Å². The number of carbonyl (C=O) groups excluding carboxylic acids is 1. The third-order valence-electron chi connectivity index (χ3n) is 3.96. The zero-order chi connectivity index (χ0) is 19.1. The van der Waals surface area contributed by atoms with Crippen LogP contribution in [0, 0.1) is 5.82 Å². The molecule has 3 rings (SSSR count). The first kappa shape index (κ1) is 18.4. The summed E-state index contributed by atoms with van der Waals surface area (Å²) in [6.45, 7) is 2.21. The van der Waals surface area contributed by atoms with Gasteiger partial charge < -0.3 is 15.4 Å². The Morgan fingerprint density at radius 1 is 1.11 bits per heavy atom. The highest BCUT2D eigenvalue weighted by Crippen LogP contribution is 2.19. The van der Waals surface area contributed by atoms with Gasteiger partial charge in [0.15, 0.2) is 0 Å². The predicted molar refractivity (Wildman–Crippen MR) is 102 cm³/mol. The zero-order valence-electron chi connectivity index (χ0n) is 14.9. The lowest BCUT2D eigenvalue weighted by molar-refractivity contribution is 0.249.